The van der Waals surface area contributed by atoms with Gasteiger partial charge in [-0.15, -0.1) is 0 Å². The van der Waals surface area contributed by atoms with Crippen molar-refractivity contribution in [1.29, 1.82) is 0 Å². The lowest BCUT2D eigenvalue weighted by Gasteiger charge is -2.30. The molecule has 1 aromatic carbocycles. The van der Waals surface area contributed by atoms with Crippen LogP contribution in [0.4, 0.5) is 5.69 Å². The molecule has 2 aliphatic rings. The minimum absolute atomic E-state index is 0.238. The number of aliphatic hydroxyl groups excluding tert-OH is 1. The van der Waals surface area contributed by atoms with Crippen molar-refractivity contribution in [2.45, 2.75) is 57.1 Å². The van der Waals surface area contributed by atoms with E-state index >= 15 is 0 Å². The Balaban J connectivity index is 1.71. The summed E-state index contributed by atoms with van der Waals surface area (Å²) in [4.78, 5) is 26.4. The summed E-state index contributed by atoms with van der Waals surface area (Å²) in [5.74, 6) is 0.104. The number of hydrogen-bond acceptors (Lipinski definition) is 6. The van der Waals surface area contributed by atoms with Crippen LogP contribution in [0, 0.1) is 5.92 Å². The number of aromatic nitrogens is 1. The van der Waals surface area contributed by atoms with Crippen LogP contribution in [0.15, 0.2) is 52.6 Å². The summed E-state index contributed by atoms with van der Waals surface area (Å²) >= 11 is 6.32. The second kappa shape index (κ2) is 10.4. The van der Waals surface area contributed by atoms with Crippen LogP contribution >= 0.6 is 11.6 Å². The van der Waals surface area contributed by atoms with Gasteiger partial charge >= 0.3 is 5.97 Å². The third-order valence-corrected chi connectivity index (χ3v) is 6.53. The number of hydrogen-bond donors (Lipinski definition) is 1. The summed E-state index contributed by atoms with van der Waals surface area (Å²) in [5.41, 5.74) is 3.88. The number of ether oxygens (including phenoxy) is 1. The molecule has 0 radical (unpaired) electrons. The van der Waals surface area contributed by atoms with Gasteiger partial charge in [-0.05, 0) is 68.4 Å². The molecule has 1 aromatic heterocycles. The van der Waals surface area contributed by atoms with E-state index in [4.69, 9.17) is 26.3 Å². The second-order valence-corrected chi connectivity index (χ2v) is 8.82. The van der Waals surface area contributed by atoms with Crippen LogP contribution in [0.5, 0.6) is 0 Å². The Labute approximate surface area is 193 Å². The quantitative estimate of drug-likeness (QED) is 0.575. The first-order chi connectivity index (χ1) is 15.5. The molecule has 1 aliphatic heterocycles. The molecular formula is C25H28ClN3O3. The Morgan fingerprint density at radius 3 is 2.81 bits per heavy atom. The van der Waals surface area contributed by atoms with E-state index in [0.29, 0.717) is 35.9 Å². The van der Waals surface area contributed by atoms with Crippen molar-refractivity contribution >= 4 is 34.7 Å². The van der Waals surface area contributed by atoms with Crippen LogP contribution in [-0.4, -0.2) is 46.7 Å². The number of fused-ring (bicyclic) bond motifs is 1. The number of methoxy groups -OCH3 is 1. The van der Waals surface area contributed by atoms with Crippen LogP contribution in [0.2, 0.25) is 5.02 Å². The molecule has 0 bridgehead atoms. The van der Waals surface area contributed by atoms with E-state index in [1.165, 1.54) is 13.5 Å². The summed E-state index contributed by atoms with van der Waals surface area (Å²) in [6.45, 7) is 0. The highest BCUT2D eigenvalue weighted by molar-refractivity contribution is 6.31. The molecule has 1 unspecified atom stereocenters. The number of pyridine rings is 1. The van der Waals surface area contributed by atoms with Crippen molar-refractivity contribution < 1.29 is 14.6 Å². The lowest BCUT2D eigenvalue weighted by molar-refractivity contribution is -0.140. The molecule has 7 heteroatoms. The first-order valence-electron chi connectivity index (χ1n) is 11.2. The van der Waals surface area contributed by atoms with Crippen LogP contribution in [0.3, 0.4) is 0 Å². The normalized spacial score (nSPS) is 19.2. The number of esters is 1. The van der Waals surface area contributed by atoms with Gasteiger partial charge in [0.2, 0.25) is 0 Å². The molecule has 168 valence electrons. The third-order valence-electron chi connectivity index (χ3n) is 6.29. The molecule has 2 aromatic rings. The zero-order valence-corrected chi connectivity index (χ0v) is 19.0. The van der Waals surface area contributed by atoms with Crippen LogP contribution in [0.25, 0.3) is 0 Å². The van der Waals surface area contributed by atoms with E-state index in [1.807, 2.05) is 36.4 Å². The maximum Gasteiger partial charge on any atom is 0.305 e. The predicted molar refractivity (Wildman–Crippen MR) is 126 cm³/mol. The van der Waals surface area contributed by atoms with Crippen molar-refractivity contribution in [1.82, 2.24) is 4.98 Å². The number of aliphatic imine (C=N–C) groups is 2. The molecule has 1 saturated carbocycles. The summed E-state index contributed by atoms with van der Waals surface area (Å²) in [6, 6.07) is 10.9. The topological polar surface area (TPSA) is 84.1 Å². The molecule has 2 heterocycles. The van der Waals surface area contributed by atoms with Gasteiger partial charge in [-0.25, -0.2) is 0 Å². The fraction of sp³-hybridized carbons (Fsp3) is 0.440. The van der Waals surface area contributed by atoms with Crippen molar-refractivity contribution in [3.63, 3.8) is 0 Å². The Morgan fingerprint density at radius 1 is 1.28 bits per heavy atom. The van der Waals surface area contributed by atoms with Crippen molar-refractivity contribution in [2.75, 3.05) is 7.11 Å². The molecule has 32 heavy (non-hydrogen) atoms. The Kier molecular flexibility index (Phi) is 7.33. The average molecular weight is 454 g/mol. The number of aliphatic hydroxyl groups is 1. The number of carbonyl (C=O) groups is 1. The Morgan fingerprint density at radius 2 is 2.12 bits per heavy atom. The molecule has 0 amide bonds. The van der Waals surface area contributed by atoms with Crippen molar-refractivity contribution in [3.8, 4) is 0 Å². The summed E-state index contributed by atoms with van der Waals surface area (Å²) in [7, 11) is 1.39. The first kappa shape index (κ1) is 22.6. The maximum absolute atomic E-state index is 11.9. The van der Waals surface area contributed by atoms with Crippen molar-refractivity contribution in [3.05, 3.63) is 58.9 Å². The van der Waals surface area contributed by atoms with Gasteiger partial charge in [0.25, 0.3) is 0 Å². The third kappa shape index (κ3) is 5.25. The number of halogens is 1. The zero-order valence-electron chi connectivity index (χ0n) is 18.2. The summed E-state index contributed by atoms with van der Waals surface area (Å²) in [5, 5.41) is 11.2. The lowest BCUT2D eigenvalue weighted by atomic mass is 9.79. The molecule has 2 atom stereocenters. The van der Waals surface area contributed by atoms with Crippen LogP contribution < -0.4 is 0 Å². The minimum atomic E-state index is -0.333. The predicted octanol–water partition coefficient (Wildman–Crippen LogP) is 4.92. The minimum Gasteiger partial charge on any atom is -0.469 e. The van der Waals surface area contributed by atoms with E-state index in [1.54, 1.807) is 6.20 Å². The Bertz CT molecular complexity index is 1020. The van der Waals surface area contributed by atoms with Crippen LogP contribution in [0.1, 0.15) is 56.2 Å². The van der Waals surface area contributed by atoms with Gasteiger partial charge in [-0.1, -0.05) is 24.1 Å². The Hall–Kier alpha value is -2.57. The molecule has 1 N–H and O–H groups in total. The maximum atomic E-state index is 11.9. The van der Waals surface area contributed by atoms with Gasteiger partial charge in [-0.3, -0.25) is 19.8 Å². The zero-order chi connectivity index (χ0) is 22.5. The summed E-state index contributed by atoms with van der Waals surface area (Å²) in [6.07, 6.45) is 6.72. The fourth-order valence-electron chi connectivity index (χ4n) is 4.20. The largest absolute Gasteiger partial charge is 0.469 e. The average Bonchev–Trinajstić information content (AvgIpc) is 2.92. The molecule has 6 nitrogen and oxygen atoms in total. The molecular weight excluding hydrogens is 426 g/mol. The fourth-order valence-corrected chi connectivity index (χ4v) is 4.37. The van der Waals surface area contributed by atoms with Gasteiger partial charge in [0.15, 0.2) is 0 Å². The van der Waals surface area contributed by atoms with E-state index in [2.05, 4.69) is 4.98 Å². The second-order valence-electron chi connectivity index (χ2n) is 8.38. The number of carbonyl (C=O) groups excluding carboxylic acids is 1. The number of rotatable bonds is 8. The van der Waals surface area contributed by atoms with Gasteiger partial charge in [0.1, 0.15) is 0 Å². The molecule has 0 saturated heterocycles. The SMILES string of the molecule is COC(=O)CC[C@@H]1N=C(c2ccccn2)c2cc(Cl)ccc2N=C1CCC(O)C1CCC1. The monoisotopic (exact) mass is 453 g/mol. The number of benzene rings is 1. The van der Waals surface area contributed by atoms with Crippen LogP contribution in [-0.2, 0) is 9.53 Å². The van der Waals surface area contributed by atoms with Gasteiger partial charge in [-0.2, -0.15) is 0 Å². The highest BCUT2D eigenvalue weighted by Crippen LogP contribution is 2.34. The van der Waals surface area contributed by atoms with E-state index in [0.717, 1.165) is 35.5 Å². The van der Waals surface area contributed by atoms with Gasteiger partial charge < -0.3 is 9.84 Å². The molecule has 1 fully saturated rings. The molecule has 0 spiro atoms. The van der Waals surface area contributed by atoms with E-state index in [-0.39, 0.29) is 24.5 Å². The van der Waals surface area contributed by atoms with Gasteiger partial charge in [0.05, 0.1) is 36.3 Å². The highest BCUT2D eigenvalue weighted by atomic mass is 35.5. The van der Waals surface area contributed by atoms with E-state index < -0.39 is 0 Å². The first-order valence-corrected chi connectivity index (χ1v) is 11.5. The van der Waals surface area contributed by atoms with Gasteiger partial charge in [0, 0.05) is 28.9 Å². The highest BCUT2D eigenvalue weighted by Gasteiger charge is 2.28. The summed E-state index contributed by atoms with van der Waals surface area (Å²) < 4.78 is 4.85. The van der Waals surface area contributed by atoms with Crippen molar-refractivity contribution in [2.24, 2.45) is 15.9 Å². The smallest absolute Gasteiger partial charge is 0.305 e. The molecule has 1 aliphatic carbocycles. The lowest BCUT2D eigenvalue weighted by Crippen LogP contribution is -2.29. The molecule has 4 rings (SSSR count). The standard InChI is InChI=1S/C25H28ClN3O3/c1-32-24(31)13-11-21-20(10-12-23(30)16-5-4-6-16)28-19-9-8-17(26)15-18(19)25(29-21)22-7-2-3-14-27-22/h2-3,7-9,14-16,21,23,30H,4-6,10-13H2,1H3/t21-,23?/m0/s1. The van der Waals surface area contributed by atoms with E-state index in [9.17, 15) is 9.90 Å². The number of nitrogens with zero attached hydrogens (tertiary/aromatic N) is 3.